The number of rotatable bonds is 6. The molecule has 126 valence electrons. The van der Waals surface area contributed by atoms with Crippen LogP contribution in [0.15, 0.2) is 23.1 Å². The Morgan fingerprint density at radius 3 is 2.74 bits per heavy atom. The number of amides is 1. The van der Waals surface area contributed by atoms with Crippen LogP contribution in [0.4, 0.5) is 0 Å². The monoisotopic (exact) mass is 337 g/mol. The molecule has 1 amide bonds. The molecule has 0 aliphatic carbocycles. The predicted octanol–water partition coefficient (Wildman–Crippen LogP) is 2.49. The van der Waals surface area contributed by atoms with Crippen LogP contribution in [0, 0.1) is 13.8 Å². The molecule has 1 aliphatic heterocycles. The van der Waals surface area contributed by atoms with Crippen molar-refractivity contribution < 1.29 is 19.4 Å². The van der Waals surface area contributed by atoms with Crippen molar-refractivity contribution in [2.75, 3.05) is 19.4 Å². The van der Waals surface area contributed by atoms with Gasteiger partial charge in [-0.1, -0.05) is 17.7 Å². The lowest BCUT2D eigenvalue weighted by Crippen LogP contribution is -2.38. The van der Waals surface area contributed by atoms with E-state index in [-0.39, 0.29) is 24.5 Å². The molecule has 1 fully saturated rings. The predicted molar refractivity (Wildman–Crippen MR) is 89.8 cm³/mol. The van der Waals surface area contributed by atoms with E-state index in [4.69, 9.17) is 9.84 Å². The number of hydrogen-bond donors (Lipinski definition) is 1. The molecule has 1 aliphatic rings. The minimum Gasteiger partial charge on any atom is -0.481 e. The highest BCUT2D eigenvalue weighted by atomic mass is 32.2. The number of benzene rings is 1. The number of likely N-dealkylation sites (tertiary alicyclic amines) is 1. The van der Waals surface area contributed by atoms with Crippen LogP contribution in [-0.4, -0.2) is 53.4 Å². The number of nitrogens with zero attached hydrogens (tertiary/aromatic N) is 1. The number of methoxy groups -OCH3 is 1. The summed E-state index contributed by atoms with van der Waals surface area (Å²) in [6.45, 7) is 4.54. The zero-order chi connectivity index (χ0) is 17.0. The van der Waals surface area contributed by atoms with Gasteiger partial charge in [-0.25, -0.2) is 0 Å². The number of carboxylic acids is 1. The zero-order valence-corrected chi connectivity index (χ0v) is 14.6. The molecule has 1 saturated heterocycles. The third-order valence-corrected chi connectivity index (χ3v) is 5.28. The fourth-order valence-electron chi connectivity index (χ4n) is 2.93. The number of carbonyl (C=O) groups is 2. The Bertz CT molecular complexity index is 590. The highest BCUT2D eigenvalue weighted by molar-refractivity contribution is 8.00. The Labute approximate surface area is 141 Å². The maximum Gasteiger partial charge on any atom is 0.305 e. The second-order valence-electron chi connectivity index (χ2n) is 5.95. The van der Waals surface area contributed by atoms with E-state index < -0.39 is 5.97 Å². The molecule has 1 aromatic rings. The number of carbonyl (C=O) groups excluding carboxylic acids is 1. The molecule has 5 nitrogen and oxygen atoms in total. The third-order valence-electron chi connectivity index (χ3n) is 4.12. The largest absolute Gasteiger partial charge is 0.481 e. The molecule has 6 heteroatoms. The van der Waals surface area contributed by atoms with Crippen LogP contribution in [-0.2, 0) is 14.3 Å². The minimum atomic E-state index is -0.883. The van der Waals surface area contributed by atoms with Gasteiger partial charge in [-0.15, -0.1) is 11.8 Å². The first-order chi connectivity index (χ1) is 10.9. The molecule has 0 aromatic heterocycles. The van der Waals surface area contributed by atoms with Gasteiger partial charge in [-0.05, 0) is 31.9 Å². The van der Waals surface area contributed by atoms with E-state index in [1.807, 2.05) is 26.0 Å². The van der Waals surface area contributed by atoms with E-state index in [9.17, 15) is 9.59 Å². The van der Waals surface area contributed by atoms with Crippen molar-refractivity contribution in [1.82, 2.24) is 4.90 Å². The number of thioether (sulfide) groups is 1. The molecule has 0 bridgehead atoms. The first kappa shape index (κ1) is 17.8. The van der Waals surface area contributed by atoms with Crippen LogP contribution in [0.25, 0.3) is 0 Å². The Kier molecular flexibility index (Phi) is 6.07. The van der Waals surface area contributed by atoms with Gasteiger partial charge in [0.25, 0.3) is 0 Å². The van der Waals surface area contributed by atoms with E-state index in [2.05, 4.69) is 6.07 Å². The van der Waals surface area contributed by atoms with Gasteiger partial charge in [0.1, 0.15) is 0 Å². The first-order valence-corrected chi connectivity index (χ1v) is 8.63. The molecule has 1 aromatic carbocycles. The summed E-state index contributed by atoms with van der Waals surface area (Å²) in [6, 6.07) is 5.88. The summed E-state index contributed by atoms with van der Waals surface area (Å²) in [5.41, 5.74) is 2.35. The van der Waals surface area contributed by atoms with Crippen molar-refractivity contribution in [1.29, 1.82) is 0 Å². The number of hydrogen-bond acceptors (Lipinski definition) is 4. The molecule has 2 unspecified atom stereocenters. The SMILES string of the molecule is COC1CC(CC(=O)O)N(C(=O)CSc2ccc(C)cc2C)C1. The van der Waals surface area contributed by atoms with Gasteiger partial charge < -0.3 is 14.7 Å². The fourth-order valence-corrected chi connectivity index (χ4v) is 3.82. The van der Waals surface area contributed by atoms with Gasteiger partial charge in [0, 0.05) is 24.6 Å². The molecular weight excluding hydrogens is 314 g/mol. The van der Waals surface area contributed by atoms with E-state index in [1.165, 1.54) is 17.3 Å². The van der Waals surface area contributed by atoms with Crippen LogP contribution < -0.4 is 0 Å². The first-order valence-electron chi connectivity index (χ1n) is 7.64. The molecule has 1 N–H and O–H groups in total. The molecule has 23 heavy (non-hydrogen) atoms. The average molecular weight is 337 g/mol. The standard InChI is InChI=1S/C17H23NO4S/c1-11-4-5-15(12(2)6-11)23-10-16(19)18-9-14(22-3)7-13(18)8-17(20)21/h4-6,13-14H,7-10H2,1-3H3,(H,20,21). The summed E-state index contributed by atoms with van der Waals surface area (Å²) in [5, 5.41) is 9.02. The second kappa shape index (κ2) is 7.84. The molecular formula is C17H23NO4S. The van der Waals surface area contributed by atoms with Gasteiger partial charge in [0.2, 0.25) is 5.91 Å². The van der Waals surface area contributed by atoms with Crippen molar-refractivity contribution >= 4 is 23.6 Å². The molecule has 0 radical (unpaired) electrons. The van der Waals surface area contributed by atoms with Crippen LogP contribution >= 0.6 is 11.8 Å². The summed E-state index contributed by atoms with van der Waals surface area (Å²) < 4.78 is 5.30. The number of aryl methyl sites for hydroxylation is 2. The van der Waals surface area contributed by atoms with Gasteiger partial charge in [0.05, 0.1) is 18.3 Å². The number of carboxylic acid groups (broad SMARTS) is 1. The van der Waals surface area contributed by atoms with Crippen LogP contribution in [0.5, 0.6) is 0 Å². The van der Waals surface area contributed by atoms with Gasteiger partial charge in [0.15, 0.2) is 0 Å². The van der Waals surface area contributed by atoms with Crippen molar-refractivity contribution in [2.24, 2.45) is 0 Å². The topological polar surface area (TPSA) is 66.8 Å². The van der Waals surface area contributed by atoms with E-state index in [0.29, 0.717) is 18.7 Å². The molecule has 1 heterocycles. The quantitative estimate of drug-likeness (QED) is 0.808. The maximum absolute atomic E-state index is 12.5. The molecule has 0 saturated carbocycles. The highest BCUT2D eigenvalue weighted by Gasteiger charge is 2.36. The molecule has 0 spiro atoms. The van der Waals surface area contributed by atoms with E-state index in [0.717, 1.165) is 10.5 Å². The normalized spacial score (nSPS) is 20.7. The Hall–Kier alpha value is -1.53. The lowest BCUT2D eigenvalue weighted by Gasteiger charge is -2.23. The summed E-state index contributed by atoms with van der Waals surface area (Å²) in [7, 11) is 1.60. The van der Waals surface area contributed by atoms with Crippen molar-refractivity contribution in [3.05, 3.63) is 29.3 Å². The fraction of sp³-hybridized carbons (Fsp3) is 0.529. The Balaban J connectivity index is 1.99. The summed E-state index contributed by atoms with van der Waals surface area (Å²) >= 11 is 1.50. The lowest BCUT2D eigenvalue weighted by molar-refractivity contribution is -0.139. The lowest BCUT2D eigenvalue weighted by atomic mass is 10.1. The second-order valence-corrected chi connectivity index (χ2v) is 6.97. The Morgan fingerprint density at radius 2 is 2.13 bits per heavy atom. The smallest absolute Gasteiger partial charge is 0.305 e. The van der Waals surface area contributed by atoms with Crippen LogP contribution in [0.1, 0.15) is 24.0 Å². The van der Waals surface area contributed by atoms with Gasteiger partial charge >= 0.3 is 5.97 Å². The van der Waals surface area contributed by atoms with Gasteiger partial charge in [-0.3, -0.25) is 9.59 Å². The molecule has 2 rings (SSSR count). The van der Waals surface area contributed by atoms with Crippen LogP contribution in [0.2, 0.25) is 0 Å². The van der Waals surface area contributed by atoms with Crippen molar-refractivity contribution in [3.63, 3.8) is 0 Å². The number of ether oxygens (including phenoxy) is 1. The molecule has 2 atom stereocenters. The minimum absolute atomic E-state index is 0.0271. The zero-order valence-electron chi connectivity index (χ0n) is 13.7. The number of aliphatic carboxylic acids is 1. The van der Waals surface area contributed by atoms with E-state index >= 15 is 0 Å². The highest BCUT2D eigenvalue weighted by Crippen LogP contribution is 2.27. The summed E-state index contributed by atoms with van der Waals surface area (Å²) in [4.78, 5) is 26.2. The Morgan fingerprint density at radius 1 is 1.39 bits per heavy atom. The summed E-state index contributed by atoms with van der Waals surface area (Å²) in [5.74, 6) is -0.594. The average Bonchev–Trinajstić information content (AvgIpc) is 2.88. The van der Waals surface area contributed by atoms with Gasteiger partial charge in [-0.2, -0.15) is 0 Å². The third kappa shape index (κ3) is 4.72. The van der Waals surface area contributed by atoms with E-state index in [1.54, 1.807) is 12.0 Å². The maximum atomic E-state index is 12.5. The summed E-state index contributed by atoms with van der Waals surface area (Å²) in [6.07, 6.45) is 0.484. The van der Waals surface area contributed by atoms with Crippen molar-refractivity contribution in [2.45, 2.75) is 43.7 Å². The van der Waals surface area contributed by atoms with Crippen molar-refractivity contribution in [3.8, 4) is 0 Å². The van der Waals surface area contributed by atoms with Crippen LogP contribution in [0.3, 0.4) is 0 Å².